The molecule has 1 aliphatic heterocycles. The van der Waals surface area contributed by atoms with E-state index in [0.29, 0.717) is 5.56 Å². The summed E-state index contributed by atoms with van der Waals surface area (Å²) >= 11 is 1.91. The second kappa shape index (κ2) is 6.85. The molecular formula is C17H18N2O2S. The molecule has 0 saturated heterocycles. The van der Waals surface area contributed by atoms with E-state index in [1.54, 1.807) is 17.6 Å². The van der Waals surface area contributed by atoms with Crippen LogP contribution in [0.2, 0.25) is 0 Å². The largest absolute Gasteiger partial charge is 0.366 e. The number of fused-ring (bicyclic) bond motifs is 1. The van der Waals surface area contributed by atoms with E-state index in [0.717, 1.165) is 30.8 Å². The molecule has 1 amide bonds. The molecule has 0 aromatic heterocycles. The number of carbonyl (C=O) groups is 1. The van der Waals surface area contributed by atoms with Crippen LogP contribution in [0, 0.1) is 0 Å². The molecule has 1 aliphatic rings. The molecule has 2 aromatic carbocycles. The van der Waals surface area contributed by atoms with E-state index < -0.39 is 5.91 Å². The highest BCUT2D eigenvalue weighted by Crippen LogP contribution is 2.34. The average Bonchev–Trinajstić information content (AvgIpc) is 2.77. The lowest BCUT2D eigenvalue weighted by Gasteiger charge is -2.24. The summed E-state index contributed by atoms with van der Waals surface area (Å²) in [6.45, 7) is 1.85. The van der Waals surface area contributed by atoms with Gasteiger partial charge in [-0.05, 0) is 42.0 Å². The third-order valence-corrected chi connectivity index (χ3v) is 4.88. The van der Waals surface area contributed by atoms with Gasteiger partial charge >= 0.3 is 0 Å². The molecule has 0 saturated carbocycles. The summed E-state index contributed by atoms with van der Waals surface area (Å²) in [7, 11) is 0. The number of hydrogen-bond donors (Lipinski definition) is 2. The molecule has 114 valence electrons. The van der Waals surface area contributed by atoms with E-state index in [9.17, 15) is 4.79 Å². The SMILES string of the molecule is O=C(NO)c1ccc(CN2CCCSc3ccccc32)cc1. The number of anilines is 1. The normalized spacial score (nSPS) is 14.1. The van der Waals surface area contributed by atoms with E-state index in [2.05, 4.69) is 29.2 Å². The maximum atomic E-state index is 11.3. The van der Waals surface area contributed by atoms with Crippen molar-refractivity contribution in [1.82, 2.24) is 5.48 Å². The average molecular weight is 314 g/mol. The zero-order valence-corrected chi connectivity index (χ0v) is 13.0. The minimum atomic E-state index is -0.483. The summed E-state index contributed by atoms with van der Waals surface area (Å²) in [4.78, 5) is 15.1. The molecule has 0 spiro atoms. The number of nitrogens with one attached hydrogen (secondary N) is 1. The van der Waals surface area contributed by atoms with Crippen LogP contribution in [0.5, 0.6) is 0 Å². The van der Waals surface area contributed by atoms with E-state index in [1.165, 1.54) is 10.6 Å². The van der Waals surface area contributed by atoms with Gasteiger partial charge in [-0.15, -0.1) is 11.8 Å². The third kappa shape index (κ3) is 3.26. The van der Waals surface area contributed by atoms with Crippen LogP contribution in [0.4, 0.5) is 5.69 Å². The molecule has 0 unspecified atom stereocenters. The number of nitrogens with zero attached hydrogens (tertiary/aromatic N) is 1. The highest BCUT2D eigenvalue weighted by Gasteiger charge is 2.15. The van der Waals surface area contributed by atoms with E-state index in [1.807, 2.05) is 23.9 Å². The van der Waals surface area contributed by atoms with Gasteiger partial charge in [0.2, 0.25) is 0 Å². The Morgan fingerprint density at radius 1 is 1.18 bits per heavy atom. The van der Waals surface area contributed by atoms with Gasteiger partial charge in [-0.2, -0.15) is 0 Å². The van der Waals surface area contributed by atoms with Crippen molar-refractivity contribution in [2.45, 2.75) is 17.9 Å². The zero-order valence-electron chi connectivity index (χ0n) is 12.2. The van der Waals surface area contributed by atoms with Gasteiger partial charge in [-0.3, -0.25) is 10.0 Å². The van der Waals surface area contributed by atoms with Gasteiger partial charge in [0.1, 0.15) is 0 Å². The molecule has 22 heavy (non-hydrogen) atoms. The Bertz CT molecular complexity index is 658. The van der Waals surface area contributed by atoms with E-state index >= 15 is 0 Å². The molecule has 0 radical (unpaired) electrons. The molecule has 5 heteroatoms. The highest BCUT2D eigenvalue weighted by molar-refractivity contribution is 7.99. The standard InChI is InChI=1S/C17H18N2O2S/c20-17(18-21)14-8-6-13(7-9-14)12-19-10-3-11-22-16-5-2-1-4-15(16)19/h1-2,4-9,21H,3,10-12H2,(H,18,20). The van der Waals surface area contributed by atoms with Crippen LogP contribution in [-0.2, 0) is 6.54 Å². The number of hydroxylamine groups is 1. The minimum absolute atomic E-state index is 0.457. The monoisotopic (exact) mass is 314 g/mol. The molecule has 3 rings (SSSR count). The van der Waals surface area contributed by atoms with Crippen LogP contribution in [0.15, 0.2) is 53.4 Å². The van der Waals surface area contributed by atoms with Crippen molar-refractivity contribution in [3.63, 3.8) is 0 Å². The summed E-state index contributed by atoms with van der Waals surface area (Å²) < 4.78 is 0. The lowest BCUT2D eigenvalue weighted by atomic mass is 10.1. The van der Waals surface area contributed by atoms with Gasteiger partial charge in [-0.1, -0.05) is 24.3 Å². The number of para-hydroxylation sites is 1. The van der Waals surface area contributed by atoms with Crippen molar-refractivity contribution in [1.29, 1.82) is 0 Å². The first-order valence-electron chi connectivity index (χ1n) is 7.28. The first-order chi connectivity index (χ1) is 10.8. The van der Waals surface area contributed by atoms with Crippen molar-refractivity contribution in [3.8, 4) is 0 Å². The van der Waals surface area contributed by atoms with Crippen LogP contribution in [-0.4, -0.2) is 23.4 Å². The second-order valence-electron chi connectivity index (χ2n) is 5.23. The van der Waals surface area contributed by atoms with Crippen molar-refractivity contribution >= 4 is 23.4 Å². The Morgan fingerprint density at radius 3 is 2.73 bits per heavy atom. The van der Waals surface area contributed by atoms with E-state index in [-0.39, 0.29) is 0 Å². The lowest BCUT2D eigenvalue weighted by molar-refractivity contribution is 0.0706. The summed E-state index contributed by atoms with van der Waals surface area (Å²) in [5.41, 5.74) is 4.54. The fourth-order valence-corrected chi connectivity index (χ4v) is 3.62. The number of hydrogen-bond acceptors (Lipinski definition) is 4. The molecule has 0 fully saturated rings. The zero-order chi connectivity index (χ0) is 15.4. The Balaban J connectivity index is 1.79. The topological polar surface area (TPSA) is 52.6 Å². The van der Waals surface area contributed by atoms with Crippen molar-refractivity contribution in [2.24, 2.45) is 0 Å². The van der Waals surface area contributed by atoms with Gasteiger partial charge in [0.05, 0.1) is 5.69 Å². The summed E-state index contributed by atoms with van der Waals surface area (Å²) in [5.74, 6) is 0.659. The Kier molecular flexibility index (Phi) is 4.65. The quantitative estimate of drug-likeness (QED) is 0.674. The van der Waals surface area contributed by atoms with Crippen molar-refractivity contribution in [2.75, 3.05) is 17.2 Å². The molecular weight excluding hydrogens is 296 g/mol. The molecule has 0 bridgehead atoms. The number of carbonyl (C=O) groups excluding carboxylic acids is 1. The van der Waals surface area contributed by atoms with Gasteiger partial charge in [0.15, 0.2) is 0 Å². The smallest absolute Gasteiger partial charge is 0.274 e. The first-order valence-corrected chi connectivity index (χ1v) is 8.26. The van der Waals surface area contributed by atoms with Crippen molar-refractivity contribution < 1.29 is 10.0 Å². The summed E-state index contributed by atoms with van der Waals surface area (Å²) in [6.07, 6.45) is 1.16. The first kappa shape index (κ1) is 14.9. The van der Waals surface area contributed by atoms with E-state index in [4.69, 9.17) is 5.21 Å². The molecule has 2 aromatic rings. The number of benzene rings is 2. The molecule has 4 nitrogen and oxygen atoms in total. The second-order valence-corrected chi connectivity index (χ2v) is 6.37. The van der Waals surface area contributed by atoms with Crippen LogP contribution in [0.1, 0.15) is 22.3 Å². The third-order valence-electron chi connectivity index (χ3n) is 3.73. The maximum absolute atomic E-state index is 11.3. The summed E-state index contributed by atoms with van der Waals surface area (Å²) in [5, 5.41) is 8.65. The minimum Gasteiger partial charge on any atom is -0.366 e. The fourth-order valence-electron chi connectivity index (χ4n) is 2.61. The van der Waals surface area contributed by atoms with Crippen LogP contribution in [0.3, 0.4) is 0 Å². The molecule has 0 aliphatic carbocycles. The lowest BCUT2D eigenvalue weighted by Crippen LogP contribution is -2.23. The Morgan fingerprint density at radius 2 is 1.95 bits per heavy atom. The fraction of sp³-hybridized carbons (Fsp3) is 0.235. The van der Waals surface area contributed by atoms with Crippen LogP contribution in [0.25, 0.3) is 0 Å². The van der Waals surface area contributed by atoms with Gasteiger partial charge in [0.25, 0.3) is 5.91 Å². The van der Waals surface area contributed by atoms with Gasteiger partial charge in [0, 0.05) is 23.5 Å². The number of thioether (sulfide) groups is 1. The number of amides is 1. The predicted octanol–water partition coefficient (Wildman–Crippen LogP) is 3.31. The highest BCUT2D eigenvalue weighted by atomic mass is 32.2. The summed E-state index contributed by atoms with van der Waals surface area (Å²) in [6, 6.07) is 15.8. The van der Waals surface area contributed by atoms with Gasteiger partial charge in [-0.25, -0.2) is 5.48 Å². The molecule has 0 atom stereocenters. The Labute approximate surface area is 134 Å². The molecule has 1 heterocycles. The van der Waals surface area contributed by atoms with Crippen molar-refractivity contribution in [3.05, 3.63) is 59.7 Å². The Hall–Kier alpha value is -1.98. The van der Waals surface area contributed by atoms with Gasteiger partial charge < -0.3 is 4.90 Å². The number of rotatable bonds is 3. The predicted molar refractivity (Wildman–Crippen MR) is 88.5 cm³/mol. The molecule has 2 N–H and O–H groups in total. The maximum Gasteiger partial charge on any atom is 0.274 e. The van der Waals surface area contributed by atoms with Crippen LogP contribution >= 0.6 is 11.8 Å². The van der Waals surface area contributed by atoms with Crippen LogP contribution < -0.4 is 10.4 Å².